The molecule has 43 heavy (non-hydrogen) atoms. The number of pyridine rings is 2. The Morgan fingerprint density at radius 2 is 1.91 bits per heavy atom. The highest BCUT2D eigenvalue weighted by Gasteiger charge is 2.26. The minimum atomic E-state index is 0.290. The standard InChI is InChI=1S/C35H35N5O2S/c41-34(9-8-23-4-1-2-5-23)39-14-11-26(12-15-39)40-21-25(18-38-40)29-19-37-31(16-24-6-3-7-24)35-28(29)17-32(42-35)30-22-43-33-20-36-13-10-27(30)33/h3,6-7,10,13,17-23,26H,1-2,4-5,8-9,11-12,14-16H2. The number of allylic oxidation sites excluding steroid dienone is 4. The molecule has 2 aliphatic carbocycles. The first-order chi connectivity index (χ1) is 21.2. The van der Waals surface area contributed by atoms with E-state index in [1.165, 1.54) is 31.3 Å². The number of nitrogens with zero attached hydrogens (tertiary/aromatic N) is 5. The number of aromatic nitrogens is 4. The molecule has 1 amide bonds. The van der Waals surface area contributed by atoms with Gasteiger partial charge in [-0.2, -0.15) is 5.10 Å². The monoisotopic (exact) mass is 589 g/mol. The lowest BCUT2D eigenvalue weighted by atomic mass is 9.99. The van der Waals surface area contributed by atoms with E-state index in [0.29, 0.717) is 18.4 Å². The summed E-state index contributed by atoms with van der Waals surface area (Å²) in [5, 5.41) is 9.16. The van der Waals surface area contributed by atoms with Gasteiger partial charge < -0.3 is 9.32 Å². The van der Waals surface area contributed by atoms with Gasteiger partial charge in [-0.3, -0.25) is 19.4 Å². The third-order valence-electron chi connectivity index (χ3n) is 9.61. The number of carbonyl (C=O) groups excluding carboxylic acids is 1. The quantitative estimate of drug-likeness (QED) is 0.183. The van der Waals surface area contributed by atoms with Gasteiger partial charge in [0.2, 0.25) is 5.91 Å². The molecule has 0 N–H and O–H groups in total. The number of thiophene rings is 1. The fraction of sp³-hybridized carbons (Fsp3) is 0.371. The maximum Gasteiger partial charge on any atom is 0.222 e. The summed E-state index contributed by atoms with van der Waals surface area (Å²) < 4.78 is 9.84. The van der Waals surface area contributed by atoms with Crippen molar-refractivity contribution in [1.29, 1.82) is 0 Å². The lowest BCUT2D eigenvalue weighted by molar-refractivity contribution is -0.132. The van der Waals surface area contributed by atoms with E-state index in [4.69, 9.17) is 14.5 Å². The van der Waals surface area contributed by atoms with Gasteiger partial charge in [0.1, 0.15) is 5.76 Å². The van der Waals surface area contributed by atoms with Gasteiger partial charge in [0.25, 0.3) is 0 Å². The van der Waals surface area contributed by atoms with Gasteiger partial charge in [-0.1, -0.05) is 43.9 Å². The van der Waals surface area contributed by atoms with Crippen LogP contribution in [0.2, 0.25) is 0 Å². The fourth-order valence-electron chi connectivity index (χ4n) is 7.02. The molecule has 0 unspecified atom stereocenters. The molecule has 5 aromatic rings. The first-order valence-electron chi connectivity index (χ1n) is 15.6. The average Bonchev–Trinajstić information content (AvgIpc) is 3.84. The lowest BCUT2D eigenvalue weighted by Gasteiger charge is -2.32. The largest absolute Gasteiger partial charge is 0.454 e. The highest BCUT2D eigenvalue weighted by atomic mass is 32.1. The Morgan fingerprint density at radius 1 is 1.05 bits per heavy atom. The van der Waals surface area contributed by atoms with E-state index in [-0.39, 0.29) is 0 Å². The molecule has 0 aromatic carbocycles. The molecule has 3 aliphatic rings. The smallest absolute Gasteiger partial charge is 0.222 e. The molecule has 0 atom stereocenters. The van der Waals surface area contributed by atoms with Gasteiger partial charge >= 0.3 is 0 Å². The summed E-state index contributed by atoms with van der Waals surface area (Å²) in [5.41, 5.74) is 6.17. The predicted octanol–water partition coefficient (Wildman–Crippen LogP) is 8.14. The van der Waals surface area contributed by atoms with Gasteiger partial charge in [-0.15, -0.1) is 11.3 Å². The molecule has 7 nitrogen and oxygen atoms in total. The van der Waals surface area contributed by atoms with Crippen molar-refractivity contribution in [1.82, 2.24) is 24.6 Å². The summed E-state index contributed by atoms with van der Waals surface area (Å²) in [6.07, 6.45) is 25.8. The van der Waals surface area contributed by atoms with Crippen LogP contribution in [0.5, 0.6) is 0 Å². The number of hydrogen-bond acceptors (Lipinski definition) is 6. The molecule has 5 aromatic heterocycles. The van der Waals surface area contributed by atoms with Crippen LogP contribution in [0.1, 0.15) is 63.1 Å². The molecule has 1 saturated carbocycles. The van der Waals surface area contributed by atoms with Crippen molar-refractivity contribution in [2.45, 2.75) is 63.8 Å². The SMILES string of the molecule is O=C(CCC1CCCC1)N1CCC(n2cc(-c3cnc(CC4=CC=C4)c4oc(-c5csc6cnccc56)cc34)cn2)CC1. The van der Waals surface area contributed by atoms with Crippen LogP contribution in [-0.4, -0.2) is 43.6 Å². The molecule has 2 fully saturated rings. The lowest BCUT2D eigenvalue weighted by Crippen LogP contribution is -2.39. The topological polar surface area (TPSA) is 77.0 Å². The van der Waals surface area contributed by atoms with E-state index in [0.717, 1.165) is 93.9 Å². The molecule has 218 valence electrons. The minimum absolute atomic E-state index is 0.290. The minimum Gasteiger partial charge on any atom is -0.454 e. The van der Waals surface area contributed by atoms with Gasteiger partial charge in [0.15, 0.2) is 5.58 Å². The Morgan fingerprint density at radius 3 is 2.72 bits per heavy atom. The number of likely N-dealkylation sites (tertiary alicyclic amines) is 1. The van der Waals surface area contributed by atoms with Crippen molar-refractivity contribution < 1.29 is 9.21 Å². The van der Waals surface area contributed by atoms with Crippen LogP contribution >= 0.6 is 11.3 Å². The summed E-state index contributed by atoms with van der Waals surface area (Å²) in [6, 6.07) is 4.51. The highest BCUT2D eigenvalue weighted by Crippen LogP contribution is 2.40. The summed E-state index contributed by atoms with van der Waals surface area (Å²) in [7, 11) is 0. The van der Waals surface area contributed by atoms with Crippen molar-refractivity contribution in [3.63, 3.8) is 0 Å². The normalized spacial score (nSPS) is 17.7. The summed E-state index contributed by atoms with van der Waals surface area (Å²) in [6.45, 7) is 1.62. The molecule has 8 rings (SSSR count). The Kier molecular flexibility index (Phi) is 6.94. The van der Waals surface area contributed by atoms with Crippen molar-refractivity contribution in [3.05, 3.63) is 78.0 Å². The van der Waals surface area contributed by atoms with Crippen molar-refractivity contribution >= 4 is 38.3 Å². The number of rotatable bonds is 8. The zero-order valence-electron chi connectivity index (χ0n) is 24.2. The van der Waals surface area contributed by atoms with Crippen LogP contribution in [0.15, 0.2) is 76.7 Å². The maximum absolute atomic E-state index is 12.9. The number of fused-ring (bicyclic) bond motifs is 2. The highest BCUT2D eigenvalue weighted by molar-refractivity contribution is 7.17. The van der Waals surface area contributed by atoms with Crippen molar-refractivity contribution in [3.8, 4) is 22.5 Å². The number of carbonyl (C=O) groups is 1. The van der Waals surface area contributed by atoms with E-state index in [2.05, 4.69) is 56.5 Å². The Bertz CT molecular complexity index is 1860. The second-order valence-electron chi connectivity index (χ2n) is 12.3. The first-order valence-corrected chi connectivity index (χ1v) is 16.5. The van der Waals surface area contributed by atoms with E-state index in [1.807, 2.05) is 24.8 Å². The molecule has 6 heterocycles. The van der Waals surface area contributed by atoms with Gasteiger partial charge in [0, 0.05) is 83.6 Å². The van der Waals surface area contributed by atoms with E-state index in [1.54, 1.807) is 11.3 Å². The number of hydrogen-bond donors (Lipinski definition) is 0. The number of piperidine rings is 1. The fourth-order valence-corrected chi connectivity index (χ4v) is 7.94. The van der Waals surface area contributed by atoms with Gasteiger partial charge in [-0.25, -0.2) is 0 Å². The zero-order chi connectivity index (χ0) is 28.8. The van der Waals surface area contributed by atoms with Crippen molar-refractivity contribution in [2.24, 2.45) is 5.92 Å². The van der Waals surface area contributed by atoms with Crippen molar-refractivity contribution in [2.75, 3.05) is 13.1 Å². The number of furan rings is 1. The van der Waals surface area contributed by atoms with Gasteiger partial charge in [-0.05, 0) is 42.9 Å². The third-order valence-corrected chi connectivity index (χ3v) is 10.5. The molecule has 1 aliphatic heterocycles. The van der Waals surface area contributed by atoms with E-state index >= 15 is 0 Å². The van der Waals surface area contributed by atoms with Crippen LogP contribution in [0, 0.1) is 5.92 Å². The Balaban J connectivity index is 1.04. The maximum atomic E-state index is 12.9. The summed E-state index contributed by atoms with van der Waals surface area (Å²) in [5.74, 6) is 1.94. The molecule has 1 saturated heterocycles. The average molecular weight is 590 g/mol. The number of amides is 1. The molecular formula is C35H35N5O2S. The molecule has 8 heteroatoms. The second-order valence-corrected chi connectivity index (χ2v) is 13.2. The summed E-state index contributed by atoms with van der Waals surface area (Å²) in [4.78, 5) is 24.1. The molecule has 0 radical (unpaired) electrons. The van der Waals surface area contributed by atoms with Crippen LogP contribution in [0.3, 0.4) is 0 Å². The Labute approximate surface area is 254 Å². The summed E-state index contributed by atoms with van der Waals surface area (Å²) >= 11 is 1.68. The van der Waals surface area contributed by atoms with Crippen LogP contribution < -0.4 is 0 Å². The second kappa shape index (κ2) is 11.2. The third kappa shape index (κ3) is 5.12. The molecule has 0 spiro atoms. The van der Waals surface area contributed by atoms with Gasteiger partial charge in [0.05, 0.1) is 22.6 Å². The Hall–Kier alpha value is -4.04. The first kappa shape index (κ1) is 26.6. The van der Waals surface area contributed by atoms with Crippen LogP contribution in [0.4, 0.5) is 0 Å². The van der Waals surface area contributed by atoms with Crippen LogP contribution in [-0.2, 0) is 11.2 Å². The molecular weight excluding hydrogens is 554 g/mol. The van der Waals surface area contributed by atoms with E-state index < -0.39 is 0 Å². The van der Waals surface area contributed by atoms with Crippen LogP contribution in [0.25, 0.3) is 43.5 Å². The van der Waals surface area contributed by atoms with E-state index in [9.17, 15) is 4.79 Å². The predicted molar refractivity (Wildman–Crippen MR) is 171 cm³/mol. The molecule has 0 bridgehead atoms. The zero-order valence-corrected chi connectivity index (χ0v) is 25.1.